The highest BCUT2D eigenvalue weighted by atomic mass is 32.2. The molecule has 1 aliphatic heterocycles. The van der Waals surface area contributed by atoms with Crippen LogP contribution in [0.3, 0.4) is 0 Å². The summed E-state index contributed by atoms with van der Waals surface area (Å²) in [4.78, 5) is 0. The fourth-order valence-corrected chi connectivity index (χ4v) is 2.14. The number of nitrogens with zero attached hydrogens (tertiary/aromatic N) is 1. The third-order valence-corrected chi connectivity index (χ3v) is 3.42. The lowest BCUT2D eigenvalue weighted by Gasteiger charge is -2.17. The smallest absolute Gasteiger partial charge is 0.326 e. The van der Waals surface area contributed by atoms with Crippen molar-refractivity contribution in [2.24, 2.45) is 5.73 Å². The number of rotatable bonds is 1. The zero-order valence-corrected chi connectivity index (χ0v) is 7.40. The molecule has 0 bridgehead atoms. The highest BCUT2D eigenvalue weighted by Crippen LogP contribution is 2.28. The normalized spacial score (nSPS) is 26.6. The lowest BCUT2D eigenvalue weighted by molar-refractivity contribution is -0.0483. The molecule has 0 aromatic rings. The van der Waals surface area contributed by atoms with E-state index in [1.165, 1.54) is 0 Å². The molecule has 4 nitrogen and oxygen atoms in total. The molecule has 1 saturated heterocycles. The van der Waals surface area contributed by atoms with E-state index in [1.54, 1.807) is 0 Å². The standard InChI is InChI=1S/C5H9F3N2O2S/c6-5(7,8)13(11,12)10-2-1-4(9)3-10/h4H,1-3,9H2/t4-/m1/s1. The summed E-state index contributed by atoms with van der Waals surface area (Å²) in [6, 6.07) is -0.489. The molecule has 8 heteroatoms. The van der Waals surface area contributed by atoms with Gasteiger partial charge in [-0.1, -0.05) is 0 Å². The van der Waals surface area contributed by atoms with Gasteiger partial charge in [0.25, 0.3) is 0 Å². The summed E-state index contributed by atoms with van der Waals surface area (Å²) >= 11 is 0. The van der Waals surface area contributed by atoms with Gasteiger partial charge in [-0.25, -0.2) is 8.42 Å². The lowest BCUT2D eigenvalue weighted by Crippen LogP contribution is -2.40. The van der Waals surface area contributed by atoms with Crippen LogP contribution in [0.5, 0.6) is 0 Å². The van der Waals surface area contributed by atoms with Crippen molar-refractivity contribution >= 4 is 10.0 Å². The molecule has 0 spiro atoms. The van der Waals surface area contributed by atoms with Crippen LogP contribution in [0, 0.1) is 0 Å². The molecule has 0 aliphatic carbocycles. The van der Waals surface area contributed by atoms with Gasteiger partial charge in [0, 0.05) is 19.1 Å². The van der Waals surface area contributed by atoms with E-state index in [0.717, 1.165) is 0 Å². The van der Waals surface area contributed by atoms with E-state index in [-0.39, 0.29) is 19.5 Å². The molecule has 13 heavy (non-hydrogen) atoms. The number of hydrogen-bond donors (Lipinski definition) is 1. The summed E-state index contributed by atoms with van der Waals surface area (Å²) in [6.45, 7) is -0.398. The van der Waals surface area contributed by atoms with E-state index < -0.39 is 21.6 Å². The number of alkyl halides is 3. The van der Waals surface area contributed by atoms with E-state index >= 15 is 0 Å². The second kappa shape index (κ2) is 3.10. The Balaban J connectivity index is 2.84. The van der Waals surface area contributed by atoms with Gasteiger partial charge in [0.05, 0.1) is 0 Å². The molecule has 1 aliphatic rings. The highest BCUT2D eigenvalue weighted by Gasteiger charge is 2.51. The van der Waals surface area contributed by atoms with Crippen molar-refractivity contribution in [3.8, 4) is 0 Å². The summed E-state index contributed by atoms with van der Waals surface area (Å²) in [5.74, 6) is 0. The molecule has 1 atom stereocenters. The first-order valence-corrected chi connectivity index (χ1v) is 5.01. The maximum atomic E-state index is 11.9. The molecule has 78 valence electrons. The summed E-state index contributed by atoms with van der Waals surface area (Å²) < 4.78 is 57.7. The Morgan fingerprint density at radius 2 is 1.92 bits per heavy atom. The Morgan fingerprint density at radius 1 is 1.38 bits per heavy atom. The summed E-state index contributed by atoms with van der Waals surface area (Å²) in [6.07, 6.45) is 0.273. The molecule has 0 aromatic carbocycles. The average Bonchev–Trinajstić information content (AvgIpc) is 2.33. The Kier molecular flexibility index (Phi) is 2.56. The monoisotopic (exact) mass is 218 g/mol. The van der Waals surface area contributed by atoms with Crippen molar-refractivity contribution in [2.45, 2.75) is 18.0 Å². The Labute approximate surface area is 73.6 Å². The lowest BCUT2D eigenvalue weighted by atomic mass is 10.3. The number of halogens is 3. The third-order valence-electron chi connectivity index (χ3n) is 1.82. The Morgan fingerprint density at radius 3 is 2.23 bits per heavy atom. The van der Waals surface area contributed by atoms with Crippen LogP contribution in [0.2, 0.25) is 0 Å². The van der Waals surface area contributed by atoms with Crippen LogP contribution in [0.1, 0.15) is 6.42 Å². The molecular formula is C5H9F3N2O2S. The number of sulfonamides is 1. The maximum absolute atomic E-state index is 11.9. The summed E-state index contributed by atoms with van der Waals surface area (Å²) in [5.41, 5.74) is 0.0804. The van der Waals surface area contributed by atoms with Gasteiger partial charge in [0.15, 0.2) is 0 Å². The number of hydrogen-bond acceptors (Lipinski definition) is 3. The average molecular weight is 218 g/mol. The quantitative estimate of drug-likeness (QED) is 0.666. The van der Waals surface area contributed by atoms with E-state index in [0.29, 0.717) is 4.31 Å². The fourth-order valence-electron chi connectivity index (χ4n) is 1.12. The second-order valence-electron chi connectivity index (χ2n) is 2.86. The van der Waals surface area contributed by atoms with Gasteiger partial charge in [0.1, 0.15) is 0 Å². The van der Waals surface area contributed by atoms with Gasteiger partial charge in [-0.2, -0.15) is 17.5 Å². The van der Waals surface area contributed by atoms with E-state index in [2.05, 4.69) is 0 Å². The van der Waals surface area contributed by atoms with Crippen LogP contribution < -0.4 is 5.73 Å². The first kappa shape index (κ1) is 10.7. The molecule has 0 amide bonds. The zero-order chi connectivity index (χ0) is 10.3. The Hall–Kier alpha value is -0.340. The van der Waals surface area contributed by atoms with Crippen LogP contribution in [0.4, 0.5) is 13.2 Å². The highest BCUT2D eigenvalue weighted by molar-refractivity contribution is 7.90. The molecule has 0 radical (unpaired) electrons. The molecule has 0 unspecified atom stereocenters. The molecule has 1 rings (SSSR count). The van der Waals surface area contributed by atoms with Crippen LogP contribution in [0.15, 0.2) is 0 Å². The predicted molar refractivity (Wildman–Crippen MR) is 39.1 cm³/mol. The van der Waals surface area contributed by atoms with Crippen molar-refractivity contribution in [1.29, 1.82) is 0 Å². The van der Waals surface area contributed by atoms with Crippen molar-refractivity contribution in [3.63, 3.8) is 0 Å². The molecule has 1 fully saturated rings. The summed E-state index contributed by atoms with van der Waals surface area (Å²) in [7, 11) is -5.16. The molecule has 1 heterocycles. The van der Waals surface area contributed by atoms with Gasteiger partial charge in [0.2, 0.25) is 0 Å². The molecular weight excluding hydrogens is 209 g/mol. The zero-order valence-electron chi connectivity index (χ0n) is 6.58. The minimum atomic E-state index is -5.21. The SMILES string of the molecule is N[C@@H]1CCN(S(=O)(=O)C(F)(F)F)C1. The van der Waals surface area contributed by atoms with E-state index in [4.69, 9.17) is 5.73 Å². The van der Waals surface area contributed by atoms with Gasteiger partial charge >= 0.3 is 15.5 Å². The molecule has 0 saturated carbocycles. The van der Waals surface area contributed by atoms with Crippen molar-refractivity contribution < 1.29 is 21.6 Å². The van der Waals surface area contributed by atoms with Gasteiger partial charge in [-0.05, 0) is 6.42 Å². The fraction of sp³-hybridized carbons (Fsp3) is 1.00. The van der Waals surface area contributed by atoms with Crippen LogP contribution in [-0.2, 0) is 10.0 Å². The number of nitrogens with two attached hydrogens (primary N) is 1. The maximum Gasteiger partial charge on any atom is 0.511 e. The third kappa shape index (κ3) is 1.94. The Bertz CT molecular complexity index is 287. The van der Waals surface area contributed by atoms with Gasteiger partial charge < -0.3 is 5.73 Å². The topological polar surface area (TPSA) is 63.4 Å². The van der Waals surface area contributed by atoms with Crippen LogP contribution >= 0.6 is 0 Å². The van der Waals surface area contributed by atoms with Crippen LogP contribution in [-0.4, -0.2) is 37.4 Å². The summed E-state index contributed by atoms with van der Waals surface area (Å²) in [5, 5.41) is 0. The van der Waals surface area contributed by atoms with Crippen molar-refractivity contribution in [3.05, 3.63) is 0 Å². The second-order valence-corrected chi connectivity index (χ2v) is 4.79. The van der Waals surface area contributed by atoms with Crippen molar-refractivity contribution in [2.75, 3.05) is 13.1 Å². The largest absolute Gasteiger partial charge is 0.511 e. The molecule has 0 aromatic heterocycles. The first-order chi connectivity index (χ1) is 5.75. The van der Waals surface area contributed by atoms with Crippen LogP contribution in [0.25, 0.3) is 0 Å². The van der Waals surface area contributed by atoms with Gasteiger partial charge in [-0.15, -0.1) is 0 Å². The minimum Gasteiger partial charge on any atom is -0.326 e. The van der Waals surface area contributed by atoms with E-state index in [1.807, 2.05) is 0 Å². The predicted octanol–water partition coefficient (Wildman–Crippen LogP) is -0.131. The first-order valence-electron chi connectivity index (χ1n) is 3.57. The van der Waals surface area contributed by atoms with E-state index in [9.17, 15) is 21.6 Å². The molecule has 2 N–H and O–H groups in total. The van der Waals surface area contributed by atoms with Gasteiger partial charge in [-0.3, -0.25) is 0 Å². The minimum absolute atomic E-state index is 0.150. The van der Waals surface area contributed by atoms with Crippen molar-refractivity contribution in [1.82, 2.24) is 4.31 Å².